The van der Waals surface area contributed by atoms with E-state index >= 15 is 0 Å². The molecular formula is C21H20N2O5. The van der Waals surface area contributed by atoms with Gasteiger partial charge in [-0.1, -0.05) is 30.3 Å². The van der Waals surface area contributed by atoms with Gasteiger partial charge in [-0.15, -0.1) is 0 Å². The molecule has 0 spiro atoms. The predicted molar refractivity (Wildman–Crippen MR) is 104 cm³/mol. The van der Waals surface area contributed by atoms with Crippen LogP contribution < -0.4 is 21.2 Å². The molecule has 0 aliphatic heterocycles. The van der Waals surface area contributed by atoms with Crippen LogP contribution in [0, 0.1) is 0 Å². The van der Waals surface area contributed by atoms with Crippen LogP contribution in [-0.4, -0.2) is 17.9 Å². The normalized spacial score (nSPS) is 10.7. The van der Waals surface area contributed by atoms with Crippen molar-refractivity contribution in [2.45, 2.75) is 26.4 Å². The molecule has 0 atom stereocenters. The molecule has 0 saturated carbocycles. The zero-order valence-corrected chi connectivity index (χ0v) is 15.5. The molecule has 0 bridgehead atoms. The van der Waals surface area contributed by atoms with Gasteiger partial charge in [-0.25, -0.2) is 4.79 Å². The monoisotopic (exact) mass is 380 g/mol. The van der Waals surface area contributed by atoms with Gasteiger partial charge in [-0.3, -0.25) is 20.4 Å². The van der Waals surface area contributed by atoms with Crippen molar-refractivity contribution in [2.75, 3.05) is 0 Å². The lowest BCUT2D eigenvalue weighted by molar-refractivity contribution is -0.121. The van der Waals surface area contributed by atoms with E-state index in [1.54, 1.807) is 18.2 Å². The van der Waals surface area contributed by atoms with Gasteiger partial charge in [0.1, 0.15) is 11.3 Å². The van der Waals surface area contributed by atoms with Crippen molar-refractivity contribution in [1.82, 2.24) is 10.9 Å². The third kappa shape index (κ3) is 4.76. The first-order valence-electron chi connectivity index (χ1n) is 8.80. The number of amides is 2. The highest BCUT2D eigenvalue weighted by molar-refractivity contribution is 6.06. The molecule has 7 nitrogen and oxygen atoms in total. The average molecular weight is 380 g/mol. The maximum Gasteiger partial charge on any atom is 0.337 e. The number of benzene rings is 2. The van der Waals surface area contributed by atoms with Crippen molar-refractivity contribution in [3.05, 3.63) is 76.1 Å². The molecule has 0 aliphatic rings. The van der Waals surface area contributed by atoms with Gasteiger partial charge in [-0.2, -0.15) is 0 Å². The standard InChI is InChI=1S/C21H20N2O5/c1-13(2)27-15-8-9-16-17(12-20(25)28-18(16)11-15)21(26)23-22-19(24)10-14-6-4-3-5-7-14/h3-9,11-13H,10H2,1-2H3,(H,22,24)(H,23,26). The van der Waals surface area contributed by atoms with Crippen LogP contribution in [0.5, 0.6) is 5.75 Å². The van der Waals surface area contributed by atoms with Gasteiger partial charge in [-0.05, 0) is 31.5 Å². The Balaban J connectivity index is 1.75. The summed E-state index contributed by atoms with van der Waals surface area (Å²) in [6.45, 7) is 3.75. The molecular weight excluding hydrogens is 360 g/mol. The van der Waals surface area contributed by atoms with Crippen LogP contribution in [0.1, 0.15) is 29.8 Å². The van der Waals surface area contributed by atoms with Crippen molar-refractivity contribution in [3.63, 3.8) is 0 Å². The largest absolute Gasteiger partial charge is 0.491 e. The molecule has 3 aromatic rings. The Morgan fingerprint density at radius 3 is 2.50 bits per heavy atom. The van der Waals surface area contributed by atoms with E-state index in [0.717, 1.165) is 11.6 Å². The molecule has 1 heterocycles. The highest BCUT2D eigenvalue weighted by Crippen LogP contribution is 2.23. The first kappa shape index (κ1) is 19.2. The highest BCUT2D eigenvalue weighted by Gasteiger charge is 2.15. The third-order valence-corrected chi connectivity index (χ3v) is 3.86. The van der Waals surface area contributed by atoms with Crippen molar-refractivity contribution in [3.8, 4) is 5.75 Å². The Hall–Kier alpha value is -3.61. The van der Waals surface area contributed by atoms with Gasteiger partial charge in [0.25, 0.3) is 5.91 Å². The third-order valence-electron chi connectivity index (χ3n) is 3.86. The van der Waals surface area contributed by atoms with Crippen molar-refractivity contribution in [2.24, 2.45) is 0 Å². The molecule has 0 aliphatic carbocycles. The summed E-state index contributed by atoms with van der Waals surface area (Å²) in [5, 5.41) is 0.436. The zero-order chi connectivity index (χ0) is 20.1. The first-order chi connectivity index (χ1) is 13.4. The topological polar surface area (TPSA) is 97.6 Å². The minimum Gasteiger partial charge on any atom is -0.491 e. The Labute approximate surface area is 161 Å². The minimum absolute atomic E-state index is 0.0459. The Morgan fingerprint density at radius 2 is 1.79 bits per heavy atom. The molecule has 3 rings (SSSR count). The molecule has 2 aromatic carbocycles. The van der Waals surface area contributed by atoms with Gasteiger partial charge in [0.2, 0.25) is 5.91 Å². The SMILES string of the molecule is CC(C)Oc1ccc2c(C(=O)NNC(=O)Cc3ccccc3)cc(=O)oc2c1. The second kappa shape index (κ2) is 8.39. The van der Waals surface area contributed by atoms with E-state index in [-0.39, 0.29) is 29.6 Å². The molecule has 144 valence electrons. The number of rotatable bonds is 5. The highest BCUT2D eigenvalue weighted by atomic mass is 16.5. The first-order valence-corrected chi connectivity index (χ1v) is 8.80. The number of ether oxygens (including phenoxy) is 1. The Kier molecular flexibility index (Phi) is 5.74. The summed E-state index contributed by atoms with van der Waals surface area (Å²) in [6, 6.07) is 15.1. The van der Waals surface area contributed by atoms with Gasteiger partial charge in [0.15, 0.2) is 0 Å². The molecule has 28 heavy (non-hydrogen) atoms. The molecule has 2 N–H and O–H groups in total. The second-order valence-corrected chi connectivity index (χ2v) is 6.47. The fourth-order valence-corrected chi connectivity index (χ4v) is 2.70. The summed E-state index contributed by atoms with van der Waals surface area (Å²) >= 11 is 0. The summed E-state index contributed by atoms with van der Waals surface area (Å²) in [5.41, 5.74) is 5.16. The van der Waals surface area contributed by atoms with Crippen LogP contribution in [0.4, 0.5) is 0 Å². The van der Waals surface area contributed by atoms with Gasteiger partial charge in [0, 0.05) is 17.5 Å². The number of nitrogens with one attached hydrogen (secondary N) is 2. The van der Waals surface area contributed by atoms with E-state index < -0.39 is 11.5 Å². The summed E-state index contributed by atoms with van der Waals surface area (Å²) in [4.78, 5) is 36.3. The summed E-state index contributed by atoms with van der Waals surface area (Å²) < 4.78 is 10.8. The van der Waals surface area contributed by atoms with E-state index in [1.165, 1.54) is 0 Å². The summed E-state index contributed by atoms with van der Waals surface area (Å²) in [5.74, 6) is -0.462. The summed E-state index contributed by atoms with van der Waals surface area (Å²) in [7, 11) is 0. The lowest BCUT2D eigenvalue weighted by Crippen LogP contribution is -2.42. The van der Waals surface area contributed by atoms with Gasteiger partial charge < -0.3 is 9.15 Å². The second-order valence-electron chi connectivity index (χ2n) is 6.47. The number of carbonyl (C=O) groups excluding carboxylic acids is 2. The number of hydrogen-bond acceptors (Lipinski definition) is 5. The van der Waals surface area contributed by atoms with Crippen LogP contribution >= 0.6 is 0 Å². The molecule has 0 saturated heterocycles. The fourth-order valence-electron chi connectivity index (χ4n) is 2.70. The lowest BCUT2D eigenvalue weighted by Gasteiger charge is -2.11. The van der Waals surface area contributed by atoms with E-state index in [4.69, 9.17) is 9.15 Å². The van der Waals surface area contributed by atoms with Gasteiger partial charge in [0.05, 0.1) is 18.1 Å². The molecule has 1 aromatic heterocycles. The molecule has 7 heteroatoms. The smallest absolute Gasteiger partial charge is 0.337 e. The predicted octanol–water partition coefficient (Wildman–Crippen LogP) is 2.58. The Bertz CT molecular complexity index is 1060. The average Bonchev–Trinajstić information content (AvgIpc) is 2.65. The zero-order valence-electron chi connectivity index (χ0n) is 15.5. The Morgan fingerprint density at radius 1 is 1.04 bits per heavy atom. The van der Waals surface area contributed by atoms with E-state index in [1.807, 2.05) is 44.2 Å². The van der Waals surface area contributed by atoms with E-state index in [9.17, 15) is 14.4 Å². The van der Waals surface area contributed by atoms with Crippen LogP contribution in [0.3, 0.4) is 0 Å². The number of fused-ring (bicyclic) bond motifs is 1. The summed E-state index contributed by atoms with van der Waals surface area (Å²) in [6.07, 6.45) is 0.0739. The van der Waals surface area contributed by atoms with Crippen LogP contribution in [0.2, 0.25) is 0 Å². The van der Waals surface area contributed by atoms with Crippen LogP contribution in [-0.2, 0) is 11.2 Å². The van der Waals surface area contributed by atoms with E-state index in [0.29, 0.717) is 11.1 Å². The molecule has 0 radical (unpaired) electrons. The minimum atomic E-state index is -0.671. The van der Waals surface area contributed by atoms with E-state index in [2.05, 4.69) is 10.9 Å². The van der Waals surface area contributed by atoms with Crippen LogP contribution in [0.25, 0.3) is 11.0 Å². The van der Waals surface area contributed by atoms with Crippen LogP contribution in [0.15, 0.2) is 63.8 Å². The molecule has 0 fully saturated rings. The maximum absolute atomic E-state index is 12.5. The molecule has 2 amide bonds. The maximum atomic E-state index is 12.5. The number of hydrogen-bond donors (Lipinski definition) is 2. The number of carbonyl (C=O) groups is 2. The fraction of sp³-hybridized carbons (Fsp3) is 0.190. The van der Waals surface area contributed by atoms with Crippen molar-refractivity contribution >= 4 is 22.8 Å². The number of hydrazine groups is 1. The molecule has 0 unspecified atom stereocenters. The quantitative estimate of drug-likeness (QED) is 0.524. The van der Waals surface area contributed by atoms with Gasteiger partial charge >= 0.3 is 5.63 Å². The van der Waals surface area contributed by atoms with Crippen molar-refractivity contribution in [1.29, 1.82) is 0 Å². The van der Waals surface area contributed by atoms with Crippen molar-refractivity contribution < 1.29 is 18.7 Å². The lowest BCUT2D eigenvalue weighted by atomic mass is 10.1.